The number of hydrogen-bond acceptors (Lipinski definition) is 1. The minimum absolute atomic E-state index is 0.00982. The Hall–Kier alpha value is -0.670. The summed E-state index contributed by atoms with van der Waals surface area (Å²) in [5.74, 6) is -1.13. The Labute approximate surface area is 92.4 Å². The molecule has 1 aliphatic heterocycles. The third-order valence-electron chi connectivity index (χ3n) is 2.75. The van der Waals surface area contributed by atoms with Crippen LogP contribution in [-0.4, -0.2) is 12.6 Å². The molecular formula is C11H12ClF2N. The summed E-state index contributed by atoms with van der Waals surface area (Å²) >= 11 is 5.61. The maximum atomic E-state index is 13.5. The van der Waals surface area contributed by atoms with E-state index in [0.717, 1.165) is 19.4 Å². The van der Waals surface area contributed by atoms with Crippen molar-refractivity contribution in [2.24, 2.45) is 0 Å². The first-order valence-electron chi connectivity index (χ1n) is 5.04. The highest BCUT2D eigenvalue weighted by Crippen LogP contribution is 2.23. The van der Waals surface area contributed by atoms with Crippen molar-refractivity contribution in [1.29, 1.82) is 0 Å². The molecule has 1 aromatic rings. The fourth-order valence-corrected chi connectivity index (χ4v) is 2.11. The zero-order valence-corrected chi connectivity index (χ0v) is 8.95. The second-order valence-corrected chi connectivity index (χ2v) is 4.23. The van der Waals surface area contributed by atoms with E-state index < -0.39 is 11.6 Å². The molecule has 1 unspecified atom stereocenters. The maximum Gasteiger partial charge on any atom is 0.147 e. The first-order chi connectivity index (χ1) is 7.18. The van der Waals surface area contributed by atoms with Crippen LogP contribution in [0.25, 0.3) is 0 Å². The molecule has 1 atom stereocenters. The zero-order valence-electron chi connectivity index (χ0n) is 8.19. The molecule has 0 radical (unpaired) electrons. The Morgan fingerprint density at radius 2 is 2.20 bits per heavy atom. The molecular weight excluding hydrogens is 220 g/mol. The van der Waals surface area contributed by atoms with E-state index in [2.05, 4.69) is 5.32 Å². The lowest BCUT2D eigenvalue weighted by molar-refractivity contribution is 0.519. The van der Waals surface area contributed by atoms with Crippen LogP contribution < -0.4 is 5.32 Å². The van der Waals surface area contributed by atoms with Gasteiger partial charge in [-0.25, -0.2) is 8.78 Å². The van der Waals surface area contributed by atoms with Crippen LogP contribution in [0.15, 0.2) is 12.1 Å². The fourth-order valence-electron chi connectivity index (χ4n) is 1.93. The van der Waals surface area contributed by atoms with Crippen LogP contribution >= 0.6 is 11.6 Å². The molecule has 1 aliphatic rings. The molecule has 1 nitrogen and oxygen atoms in total. The normalized spacial score (nSPS) is 20.9. The summed E-state index contributed by atoms with van der Waals surface area (Å²) in [6.07, 6.45) is 2.40. The maximum absolute atomic E-state index is 13.5. The summed E-state index contributed by atoms with van der Waals surface area (Å²) in [5, 5.41) is 3.19. The van der Waals surface area contributed by atoms with Crippen LogP contribution in [0, 0.1) is 11.6 Å². The van der Waals surface area contributed by atoms with Gasteiger partial charge in [-0.1, -0.05) is 11.6 Å². The minimum atomic E-state index is -0.620. The molecule has 1 heterocycles. The molecule has 0 aromatic heterocycles. The summed E-state index contributed by atoms with van der Waals surface area (Å²) in [6.45, 7) is 0.925. The smallest absolute Gasteiger partial charge is 0.147 e. The van der Waals surface area contributed by atoms with E-state index in [1.165, 1.54) is 12.1 Å². The highest BCUT2D eigenvalue weighted by Gasteiger charge is 2.20. The number of rotatable bonds is 2. The van der Waals surface area contributed by atoms with E-state index in [1.54, 1.807) is 0 Å². The molecule has 0 spiro atoms. The Morgan fingerprint density at radius 1 is 1.40 bits per heavy atom. The standard InChI is InChI=1S/C11H12ClF2N/c12-9-3-4-10(13)8(11(9)14)6-7-2-1-5-15-7/h3-4,7,15H,1-2,5-6H2. The summed E-state index contributed by atoms with van der Waals surface area (Å²) in [5.41, 5.74) is 0.0990. The van der Waals surface area contributed by atoms with Crippen LogP contribution in [0.3, 0.4) is 0 Å². The van der Waals surface area contributed by atoms with Gasteiger partial charge in [0.2, 0.25) is 0 Å². The molecule has 0 saturated carbocycles. The first kappa shape index (κ1) is 10.8. The van der Waals surface area contributed by atoms with Crippen molar-refractivity contribution >= 4 is 11.6 Å². The van der Waals surface area contributed by atoms with Gasteiger partial charge in [-0.05, 0) is 37.9 Å². The van der Waals surface area contributed by atoms with Crippen molar-refractivity contribution < 1.29 is 8.78 Å². The number of nitrogens with one attached hydrogen (secondary N) is 1. The van der Waals surface area contributed by atoms with Gasteiger partial charge in [0.15, 0.2) is 0 Å². The third-order valence-corrected chi connectivity index (χ3v) is 3.04. The van der Waals surface area contributed by atoms with Crippen molar-refractivity contribution in [3.63, 3.8) is 0 Å². The highest BCUT2D eigenvalue weighted by atomic mass is 35.5. The molecule has 0 aliphatic carbocycles. The van der Waals surface area contributed by atoms with E-state index in [0.29, 0.717) is 6.42 Å². The molecule has 1 N–H and O–H groups in total. The third kappa shape index (κ3) is 2.29. The average Bonchev–Trinajstić information content (AvgIpc) is 2.71. The van der Waals surface area contributed by atoms with Crippen molar-refractivity contribution in [2.45, 2.75) is 25.3 Å². The quantitative estimate of drug-likeness (QED) is 0.772. The molecule has 1 fully saturated rings. The lowest BCUT2D eigenvalue weighted by atomic mass is 10.0. The van der Waals surface area contributed by atoms with Gasteiger partial charge in [-0.15, -0.1) is 0 Å². The van der Waals surface area contributed by atoms with Gasteiger partial charge in [-0.2, -0.15) is 0 Å². The van der Waals surface area contributed by atoms with Gasteiger partial charge in [0.25, 0.3) is 0 Å². The van der Waals surface area contributed by atoms with Crippen molar-refractivity contribution in [3.05, 3.63) is 34.4 Å². The highest BCUT2D eigenvalue weighted by molar-refractivity contribution is 6.30. The average molecular weight is 232 g/mol. The molecule has 82 valence electrons. The molecule has 1 saturated heterocycles. The van der Waals surface area contributed by atoms with Gasteiger partial charge in [0.1, 0.15) is 11.6 Å². The summed E-state index contributed by atoms with van der Waals surface area (Å²) in [6, 6.07) is 2.64. The lowest BCUT2D eigenvalue weighted by Gasteiger charge is -2.12. The van der Waals surface area contributed by atoms with Gasteiger partial charge in [0.05, 0.1) is 5.02 Å². The monoisotopic (exact) mass is 231 g/mol. The van der Waals surface area contributed by atoms with Crippen molar-refractivity contribution in [3.8, 4) is 0 Å². The van der Waals surface area contributed by atoms with Crippen LogP contribution in [0.2, 0.25) is 5.02 Å². The Kier molecular flexibility index (Phi) is 3.22. The molecule has 15 heavy (non-hydrogen) atoms. The predicted octanol–water partition coefficient (Wildman–Crippen LogP) is 2.91. The first-order valence-corrected chi connectivity index (χ1v) is 5.42. The Balaban J connectivity index is 2.22. The van der Waals surface area contributed by atoms with Gasteiger partial charge >= 0.3 is 0 Å². The molecule has 2 rings (SSSR count). The van der Waals surface area contributed by atoms with Crippen LogP contribution in [0.5, 0.6) is 0 Å². The summed E-state index contributed by atoms with van der Waals surface area (Å²) in [7, 11) is 0. The van der Waals surface area contributed by atoms with Gasteiger partial charge in [0, 0.05) is 11.6 Å². The van der Waals surface area contributed by atoms with E-state index in [1.807, 2.05) is 0 Å². The lowest BCUT2D eigenvalue weighted by Crippen LogP contribution is -2.24. The van der Waals surface area contributed by atoms with Gasteiger partial charge < -0.3 is 5.32 Å². The summed E-state index contributed by atoms with van der Waals surface area (Å²) in [4.78, 5) is 0. The van der Waals surface area contributed by atoms with Gasteiger partial charge in [-0.3, -0.25) is 0 Å². The van der Waals surface area contributed by atoms with E-state index in [9.17, 15) is 8.78 Å². The molecule has 4 heteroatoms. The largest absolute Gasteiger partial charge is 0.314 e. The van der Waals surface area contributed by atoms with Crippen molar-refractivity contribution in [1.82, 2.24) is 5.32 Å². The fraction of sp³-hybridized carbons (Fsp3) is 0.455. The van der Waals surface area contributed by atoms with Crippen molar-refractivity contribution in [2.75, 3.05) is 6.54 Å². The zero-order chi connectivity index (χ0) is 10.8. The number of hydrogen-bond donors (Lipinski definition) is 1. The molecule has 1 aromatic carbocycles. The van der Waals surface area contributed by atoms with Crippen LogP contribution in [-0.2, 0) is 6.42 Å². The number of benzene rings is 1. The Morgan fingerprint density at radius 3 is 2.87 bits per heavy atom. The van der Waals surface area contributed by atoms with Crippen LogP contribution in [0.4, 0.5) is 8.78 Å². The second-order valence-electron chi connectivity index (χ2n) is 3.82. The van der Waals surface area contributed by atoms with E-state index in [4.69, 9.17) is 11.6 Å². The SMILES string of the molecule is Fc1ccc(Cl)c(F)c1CC1CCCN1. The Bertz CT molecular complexity index is 362. The van der Waals surface area contributed by atoms with E-state index in [-0.39, 0.29) is 16.6 Å². The molecule has 0 bridgehead atoms. The molecule has 0 amide bonds. The summed E-state index contributed by atoms with van der Waals surface area (Å²) < 4.78 is 26.9. The predicted molar refractivity (Wildman–Crippen MR) is 56.1 cm³/mol. The minimum Gasteiger partial charge on any atom is -0.314 e. The second kappa shape index (κ2) is 4.45. The number of halogens is 3. The topological polar surface area (TPSA) is 12.0 Å². The van der Waals surface area contributed by atoms with Crippen LogP contribution in [0.1, 0.15) is 18.4 Å². The van der Waals surface area contributed by atoms with E-state index >= 15 is 0 Å².